The number of benzene rings is 1. The van der Waals surface area contributed by atoms with Crippen molar-refractivity contribution in [2.45, 2.75) is 26.8 Å². The van der Waals surface area contributed by atoms with Crippen LogP contribution in [-0.4, -0.2) is 18.4 Å². The molecule has 0 saturated carbocycles. The summed E-state index contributed by atoms with van der Waals surface area (Å²) in [6.45, 7) is 4.95. The first-order valence-corrected chi connectivity index (χ1v) is 8.09. The minimum atomic E-state index is -0.128. The molecule has 116 valence electrons. The van der Waals surface area contributed by atoms with E-state index in [0.29, 0.717) is 18.0 Å². The van der Waals surface area contributed by atoms with Gasteiger partial charge in [-0.3, -0.25) is 9.59 Å². The third-order valence-corrected chi connectivity index (χ3v) is 4.23. The Morgan fingerprint density at radius 2 is 1.95 bits per heavy atom. The average molecular weight is 316 g/mol. The second-order valence-electron chi connectivity index (χ2n) is 5.19. The van der Waals surface area contributed by atoms with Crippen molar-refractivity contribution >= 4 is 23.2 Å². The third-order valence-electron chi connectivity index (χ3n) is 3.36. The monoisotopic (exact) mass is 316 g/mol. The normalized spacial score (nSPS) is 10.3. The van der Waals surface area contributed by atoms with E-state index in [2.05, 4.69) is 16.7 Å². The Bertz CT molecular complexity index is 651. The Balaban J connectivity index is 1.71. The van der Waals surface area contributed by atoms with E-state index >= 15 is 0 Å². The lowest BCUT2D eigenvalue weighted by atomic mass is 10.1. The molecule has 2 aromatic rings. The van der Waals surface area contributed by atoms with Gasteiger partial charge in [0, 0.05) is 19.5 Å². The zero-order chi connectivity index (χ0) is 15.9. The van der Waals surface area contributed by atoms with Gasteiger partial charge < -0.3 is 10.6 Å². The van der Waals surface area contributed by atoms with Crippen molar-refractivity contribution in [2.75, 3.05) is 6.54 Å². The van der Waals surface area contributed by atoms with Crippen LogP contribution in [-0.2, 0) is 11.3 Å². The second kappa shape index (κ2) is 7.75. The Morgan fingerprint density at radius 3 is 2.64 bits per heavy atom. The smallest absolute Gasteiger partial charge is 0.261 e. The first kappa shape index (κ1) is 16.2. The Hall–Kier alpha value is -2.14. The molecule has 1 aromatic heterocycles. The minimum Gasteiger partial charge on any atom is -0.352 e. The van der Waals surface area contributed by atoms with E-state index in [-0.39, 0.29) is 18.2 Å². The highest BCUT2D eigenvalue weighted by Gasteiger charge is 2.07. The van der Waals surface area contributed by atoms with Crippen LogP contribution in [0, 0.1) is 13.8 Å². The van der Waals surface area contributed by atoms with Crippen LogP contribution in [0.1, 0.15) is 32.8 Å². The zero-order valence-corrected chi connectivity index (χ0v) is 13.6. The topological polar surface area (TPSA) is 58.2 Å². The fraction of sp³-hybridized carbons (Fsp3) is 0.294. The van der Waals surface area contributed by atoms with E-state index in [9.17, 15) is 9.59 Å². The maximum absolute atomic E-state index is 11.8. The number of carbonyl (C=O) groups is 2. The molecule has 0 saturated heterocycles. The van der Waals surface area contributed by atoms with E-state index in [1.54, 1.807) is 6.07 Å². The van der Waals surface area contributed by atoms with Gasteiger partial charge in [-0.05, 0) is 36.4 Å². The van der Waals surface area contributed by atoms with Crippen molar-refractivity contribution in [3.63, 3.8) is 0 Å². The van der Waals surface area contributed by atoms with E-state index < -0.39 is 0 Å². The van der Waals surface area contributed by atoms with Gasteiger partial charge in [0.05, 0.1) is 4.88 Å². The summed E-state index contributed by atoms with van der Waals surface area (Å²) >= 11 is 1.39. The van der Waals surface area contributed by atoms with Crippen LogP contribution in [0.25, 0.3) is 0 Å². The molecule has 0 unspecified atom stereocenters. The lowest BCUT2D eigenvalue weighted by molar-refractivity contribution is -0.121. The number of carbonyl (C=O) groups excluding carboxylic acids is 2. The first-order valence-electron chi connectivity index (χ1n) is 7.21. The maximum atomic E-state index is 11.8. The predicted octanol–water partition coefficient (Wildman–Crippen LogP) is 2.80. The Labute approximate surface area is 134 Å². The van der Waals surface area contributed by atoms with E-state index in [1.165, 1.54) is 22.5 Å². The number of amides is 2. The summed E-state index contributed by atoms with van der Waals surface area (Å²) in [6.07, 6.45) is 0.280. The molecule has 0 bridgehead atoms. The fourth-order valence-electron chi connectivity index (χ4n) is 2.11. The van der Waals surface area contributed by atoms with Crippen LogP contribution >= 0.6 is 11.3 Å². The van der Waals surface area contributed by atoms with E-state index in [1.807, 2.05) is 37.4 Å². The summed E-state index contributed by atoms with van der Waals surface area (Å²) in [5.74, 6) is -0.191. The highest BCUT2D eigenvalue weighted by Crippen LogP contribution is 2.10. The highest BCUT2D eigenvalue weighted by atomic mass is 32.1. The molecule has 2 N–H and O–H groups in total. The van der Waals surface area contributed by atoms with Crippen LogP contribution < -0.4 is 10.6 Å². The van der Waals surface area contributed by atoms with Crippen molar-refractivity contribution in [1.29, 1.82) is 0 Å². The molecule has 0 fully saturated rings. The van der Waals surface area contributed by atoms with Gasteiger partial charge in [0.15, 0.2) is 0 Å². The van der Waals surface area contributed by atoms with Crippen LogP contribution in [0.2, 0.25) is 0 Å². The summed E-state index contributed by atoms with van der Waals surface area (Å²) < 4.78 is 0. The summed E-state index contributed by atoms with van der Waals surface area (Å²) in [4.78, 5) is 24.2. The molecular formula is C17H20N2O2S. The molecular weight excluding hydrogens is 296 g/mol. The van der Waals surface area contributed by atoms with Crippen molar-refractivity contribution < 1.29 is 9.59 Å². The number of aryl methyl sites for hydroxylation is 2. The summed E-state index contributed by atoms with van der Waals surface area (Å²) in [5.41, 5.74) is 3.50. The van der Waals surface area contributed by atoms with Crippen LogP contribution in [0.3, 0.4) is 0 Å². The lowest BCUT2D eigenvalue weighted by Crippen LogP contribution is -2.30. The van der Waals surface area contributed by atoms with Gasteiger partial charge in [-0.15, -0.1) is 11.3 Å². The molecule has 0 radical (unpaired) electrons. The highest BCUT2D eigenvalue weighted by molar-refractivity contribution is 7.12. The molecule has 2 amide bonds. The Morgan fingerprint density at radius 1 is 1.14 bits per heavy atom. The molecule has 2 rings (SSSR count). The number of nitrogens with one attached hydrogen (secondary N) is 2. The fourth-order valence-corrected chi connectivity index (χ4v) is 2.75. The van der Waals surface area contributed by atoms with Gasteiger partial charge >= 0.3 is 0 Å². The quantitative estimate of drug-likeness (QED) is 0.861. The zero-order valence-electron chi connectivity index (χ0n) is 12.8. The number of thiophene rings is 1. The summed E-state index contributed by atoms with van der Waals surface area (Å²) in [6, 6.07) is 9.76. The number of hydrogen-bond donors (Lipinski definition) is 2. The van der Waals surface area contributed by atoms with Crippen LogP contribution in [0.15, 0.2) is 35.7 Å². The van der Waals surface area contributed by atoms with Crippen molar-refractivity contribution in [1.82, 2.24) is 10.6 Å². The molecule has 0 aliphatic heterocycles. The molecule has 5 heteroatoms. The first-order chi connectivity index (χ1) is 10.6. The molecule has 0 spiro atoms. The largest absolute Gasteiger partial charge is 0.352 e. The van der Waals surface area contributed by atoms with Crippen LogP contribution in [0.5, 0.6) is 0 Å². The summed E-state index contributed by atoms with van der Waals surface area (Å²) in [7, 11) is 0. The van der Waals surface area contributed by atoms with Crippen molar-refractivity contribution in [3.05, 3.63) is 57.3 Å². The SMILES string of the molecule is Cc1ccc(CNC(=O)CCNC(=O)c2cccs2)c(C)c1. The molecule has 4 nitrogen and oxygen atoms in total. The number of rotatable bonds is 6. The predicted molar refractivity (Wildman–Crippen MR) is 89.0 cm³/mol. The van der Waals surface area contributed by atoms with Gasteiger partial charge in [0.1, 0.15) is 0 Å². The second-order valence-corrected chi connectivity index (χ2v) is 6.14. The molecule has 0 atom stereocenters. The van der Waals surface area contributed by atoms with Gasteiger partial charge in [-0.25, -0.2) is 0 Å². The number of hydrogen-bond acceptors (Lipinski definition) is 3. The minimum absolute atomic E-state index is 0.0635. The maximum Gasteiger partial charge on any atom is 0.261 e. The van der Waals surface area contributed by atoms with Gasteiger partial charge in [0.2, 0.25) is 5.91 Å². The van der Waals surface area contributed by atoms with Gasteiger partial charge in [-0.1, -0.05) is 29.8 Å². The molecule has 22 heavy (non-hydrogen) atoms. The van der Waals surface area contributed by atoms with Crippen molar-refractivity contribution in [3.8, 4) is 0 Å². The molecule has 0 aliphatic rings. The molecule has 0 aliphatic carbocycles. The molecule has 1 heterocycles. The van der Waals surface area contributed by atoms with Crippen molar-refractivity contribution in [2.24, 2.45) is 0 Å². The third kappa shape index (κ3) is 4.70. The molecule has 1 aromatic carbocycles. The van der Waals surface area contributed by atoms with Gasteiger partial charge in [-0.2, -0.15) is 0 Å². The van der Waals surface area contributed by atoms with Crippen LogP contribution in [0.4, 0.5) is 0 Å². The van der Waals surface area contributed by atoms with E-state index in [4.69, 9.17) is 0 Å². The summed E-state index contributed by atoms with van der Waals surface area (Å²) in [5, 5.41) is 7.48. The average Bonchev–Trinajstić information content (AvgIpc) is 3.00. The Kier molecular flexibility index (Phi) is 5.72. The van der Waals surface area contributed by atoms with E-state index in [0.717, 1.165) is 5.56 Å². The lowest BCUT2D eigenvalue weighted by Gasteiger charge is -2.09. The van der Waals surface area contributed by atoms with Gasteiger partial charge in [0.25, 0.3) is 5.91 Å². The standard InChI is InChI=1S/C17H20N2O2S/c1-12-5-6-14(13(2)10-12)11-19-16(20)7-8-18-17(21)15-4-3-9-22-15/h3-6,9-10H,7-8,11H2,1-2H3,(H,18,21)(H,19,20).